The fourth-order valence-corrected chi connectivity index (χ4v) is 2.53. The SMILES string of the molecule is CCNCCS(=O)(=O)NCc1ccccc1C(F)(F)F. The molecule has 0 amide bonds. The Labute approximate surface area is 116 Å². The van der Waals surface area contributed by atoms with Gasteiger partial charge in [-0.3, -0.25) is 0 Å². The van der Waals surface area contributed by atoms with Crippen LogP contribution < -0.4 is 10.0 Å². The van der Waals surface area contributed by atoms with Crippen LogP contribution >= 0.6 is 0 Å². The van der Waals surface area contributed by atoms with E-state index in [-0.39, 0.29) is 24.4 Å². The highest BCUT2D eigenvalue weighted by atomic mass is 32.2. The number of hydrogen-bond acceptors (Lipinski definition) is 3. The van der Waals surface area contributed by atoms with E-state index in [9.17, 15) is 21.6 Å². The van der Waals surface area contributed by atoms with Crippen LogP contribution in [0.4, 0.5) is 13.2 Å². The Morgan fingerprint density at radius 2 is 1.85 bits per heavy atom. The zero-order valence-electron chi connectivity index (χ0n) is 11.0. The molecule has 0 saturated heterocycles. The molecule has 1 rings (SSSR count). The van der Waals surface area contributed by atoms with E-state index in [1.165, 1.54) is 18.2 Å². The Morgan fingerprint density at radius 3 is 2.45 bits per heavy atom. The van der Waals surface area contributed by atoms with Gasteiger partial charge in [-0.1, -0.05) is 25.1 Å². The normalized spacial score (nSPS) is 12.6. The second-order valence-electron chi connectivity index (χ2n) is 4.15. The first-order chi connectivity index (χ1) is 9.26. The van der Waals surface area contributed by atoms with Gasteiger partial charge in [-0.2, -0.15) is 13.2 Å². The lowest BCUT2D eigenvalue weighted by atomic mass is 10.1. The van der Waals surface area contributed by atoms with Gasteiger partial charge in [-0.05, 0) is 18.2 Å². The average Bonchev–Trinajstić information content (AvgIpc) is 2.36. The van der Waals surface area contributed by atoms with Crippen molar-refractivity contribution in [3.63, 3.8) is 0 Å². The average molecular weight is 310 g/mol. The zero-order chi connectivity index (χ0) is 15.2. The van der Waals surface area contributed by atoms with E-state index in [4.69, 9.17) is 0 Å². The number of nitrogens with one attached hydrogen (secondary N) is 2. The topological polar surface area (TPSA) is 58.2 Å². The minimum Gasteiger partial charge on any atom is -0.316 e. The van der Waals surface area contributed by atoms with Crippen LogP contribution in [0.2, 0.25) is 0 Å². The van der Waals surface area contributed by atoms with E-state index in [2.05, 4.69) is 10.0 Å². The number of rotatable bonds is 7. The molecule has 0 aliphatic carbocycles. The Hall–Kier alpha value is -1.12. The predicted molar refractivity (Wildman–Crippen MR) is 70.6 cm³/mol. The van der Waals surface area contributed by atoms with Crippen molar-refractivity contribution in [1.29, 1.82) is 0 Å². The molecule has 0 radical (unpaired) electrons. The lowest BCUT2D eigenvalue weighted by molar-refractivity contribution is -0.138. The molecule has 2 N–H and O–H groups in total. The maximum Gasteiger partial charge on any atom is 0.416 e. The van der Waals surface area contributed by atoms with E-state index in [1.54, 1.807) is 0 Å². The van der Waals surface area contributed by atoms with Gasteiger partial charge in [-0.25, -0.2) is 13.1 Å². The van der Waals surface area contributed by atoms with Crippen molar-refractivity contribution in [3.8, 4) is 0 Å². The molecule has 0 unspecified atom stereocenters. The lowest BCUT2D eigenvalue weighted by Gasteiger charge is -2.13. The fourth-order valence-electron chi connectivity index (χ4n) is 1.59. The number of hydrogen-bond donors (Lipinski definition) is 2. The minimum atomic E-state index is -4.49. The molecular weight excluding hydrogens is 293 g/mol. The van der Waals surface area contributed by atoms with Crippen molar-refractivity contribution in [2.75, 3.05) is 18.8 Å². The van der Waals surface area contributed by atoms with E-state index >= 15 is 0 Å². The molecule has 0 aliphatic heterocycles. The Morgan fingerprint density at radius 1 is 1.20 bits per heavy atom. The molecule has 0 spiro atoms. The van der Waals surface area contributed by atoms with Crippen LogP contribution in [0.5, 0.6) is 0 Å². The van der Waals surface area contributed by atoms with Gasteiger partial charge in [0.2, 0.25) is 10.0 Å². The third-order valence-electron chi connectivity index (χ3n) is 2.60. The molecule has 20 heavy (non-hydrogen) atoms. The third-order valence-corrected chi connectivity index (χ3v) is 3.93. The standard InChI is InChI=1S/C12H17F3N2O2S/c1-2-16-7-8-20(18,19)17-9-10-5-3-4-6-11(10)12(13,14)15/h3-6,16-17H,2,7-9H2,1H3. The monoisotopic (exact) mass is 310 g/mol. The maximum absolute atomic E-state index is 12.7. The summed E-state index contributed by atoms with van der Waals surface area (Å²) >= 11 is 0. The van der Waals surface area contributed by atoms with Crippen LogP contribution in [0.25, 0.3) is 0 Å². The summed E-state index contributed by atoms with van der Waals surface area (Å²) in [6.45, 7) is 2.35. The molecule has 0 aliphatic rings. The predicted octanol–water partition coefficient (Wildman–Crippen LogP) is 1.73. The van der Waals surface area contributed by atoms with Crippen molar-refractivity contribution in [2.45, 2.75) is 19.6 Å². The molecule has 0 aromatic heterocycles. The van der Waals surface area contributed by atoms with Gasteiger partial charge in [0.1, 0.15) is 0 Å². The summed E-state index contributed by atoms with van der Waals surface area (Å²) in [5, 5.41) is 2.84. The van der Waals surface area contributed by atoms with Crippen LogP contribution in [0.3, 0.4) is 0 Å². The molecule has 0 bridgehead atoms. The number of halogens is 3. The molecule has 1 aromatic carbocycles. The van der Waals surface area contributed by atoms with Gasteiger partial charge in [0, 0.05) is 13.1 Å². The van der Waals surface area contributed by atoms with E-state index in [1.807, 2.05) is 6.92 Å². The molecule has 0 saturated carbocycles. The summed E-state index contributed by atoms with van der Waals surface area (Å²) in [5.41, 5.74) is -0.915. The molecular formula is C12H17F3N2O2S. The van der Waals surface area contributed by atoms with Crippen molar-refractivity contribution >= 4 is 10.0 Å². The minimum absolute atomic E-state index is 0.0907. The molecule has 1 aromatic rings. The van der Waals surface area contributed by atoms with Crippen LogP contribution in [0.15, 0.2) is 24.3 Å². The zero-order valence-corrected chi connectivity index (χ0v) is 11.8. The second-order valence-corrected chi connectivity index (χ2v) is 6.07. The Kier molecular flexibility index (Phi) is 5.97. The van der Waals surface area contributed by atoms with Crippen LogP contribution in [0, 0.1) is 0 Å². The first-order valence-corrected chi connectivity index (χ1v) is 7.74. The number of sulfonamides is 1. The highest BCUT2D eigenvalue weighted by molar-refractivity contribution is 7.89. The quantitative estimate of drug-likeness (QED) is 0.754. The summed E-state index contributed by atoms with van der Waals surface area (Å²) in [6.07, 6.45) is -4.49. The third kappa shape index (κ3) is 5.48. The van der Waals surface area contributed by atoms with Crippen molar-refractivity contribution in [2.24, 2.45) is 0 Å². The Balaban J connectivity index is 2.71. The van der Waals surface area contributed by atoms with E-state index in [0.717, 1.165) is 6.07 Å². The number of benzene rings is 1. The molecule has 4 nitrogen and oxygen atoms in total. The maximum atomic E-state index is 12.7. The van der Waals surface area contributed by atoms with E-state index < -0.39 is 21.8 Å². The van der Waals surface area contributed by atoms with Gasteiger partial charge in [0.05, 0.1) is 11.3 Å². The van der Waals surface area contributed by atoms with Crippen LogP contribution in [-0.2, 0) is 22.7 Å². The van der Waals surface area contributed by atoms with Gasteiger partial charge in [-0.15, -0.1) is 0 Å². The summed E-state index contributed by atoms with van der Waals surface area (Å²) in [4.78, 5) is 0. The number of alkyl halides is 3. The van der Waals surface area contributed by atoms with Crippen molar-refractivity contribution in [1.82, 2.24) is 10.0 Å². The summed E-state index contributed by atoms with van der Waals surface area (Å²) in [6, 6.07) is 4.90. The van der Waals surface area contributed by atoms with Gasteiger partial charge >= 0.3 is 6.18 Å². The van der Waals surface area contributed by atoms with Gasteiger partial charge in [0.15, 0.2) is 0 Å². The smallest absolute Gasteiger partial charge is 0.316 e. The first kappa shape index (κ1) is 16.9. The highest BCUT2D eigenvalue weighted by Gasteiger charge is 2.32. The summed E-state index contributed by atoms with van der Waals surface area (Å²) in [5.74, 6) is -0.172. The second kappa shape index (κ2) is 7.05. The fraction of sp³-hybridized carbons (Fsp3) is 0.500. The van der Waals surface area contributed by atoms with Gasteiger partial charge in [0.25, 0.3) is 0 Å². The van der Waals surface area contributed by atoms with E-state index in [0.29, 0.717) is 6.54 Å². The summed E-state index contributed by atoms with van der Waals surface area (Å²) in [7, 11) is -3.59. The van der Waals surface area contributed by atoms with Crippen molar-refractivity contribution in [3.05, 3.63) is 35.4 Å². The molecule has 114 valence electrons. The molecule has 0 atom stereocenters. The summed E-state index contributed by atoms with van der Waals surface area (Å²) < 4.78 is 63.6. The first-order valence-electron chi connectivity index (χ1n) is 6.09. The molecule has 0 fully saturated rings. The van der Waals surface area contributed by atoms with Crippen LogP contribution in [-0.4, -0.2) is 27.3 Å². The van der Waals surface area contributed by atoms with Gasteiger partial charge < -0.3 is 5.32 Å². The molecule has 0 heterocycles. The van der Waals surface area contributed by atoms with Crippen LogP contribution in [0.1, 0.15) is 18.1 Å². The highest BCUT2D eigenvalue weighted by Crippen LogP contribution is 2.31. The van der Waals surface area contributed by atoms with Crippen molar-refractivity contribution < 1.29 is 21.6 Å². The Bertz CT molecular complexity index is 530. The lowest BCUT2D eigenvalue weighted by Crippen LogP contribution is -2.32. The molecule has 8 heteroatoms. The largest absolute Gasteiger partial charge is 0.416 e.